The third-order valence-corrected chi connectivity index (χ3v) is 5.74. The van der Waals surface area contributed by atoms with Crippen LogP contribution < -0.4 is 15.5 Å². The van der Waals surface area contributed by atoms with Crippen LogP contribution in [0.4, 0.5) is 11.5 Å². The lowest BCUT2D eigenvalue weighted by Crippen LogP contribution is -2.44. The molecule has 27 heavy (non-hydrogen) atoms. The molecule has 0 amide bonds. The predicted octanol–water partition coefficient (Wildman–Crippen LogP) is 4.07. The molecule has 0 saturated carbocycles. The molecule has 2 aliphatic heterocycles. The summed E-state index contributed by atoms with van der Waals surface area (Å²) in [6.07, 6.45) is 2.06. The average Bonchev–Trinajstić information content (AvgIpc) is 2.69. The zero-order valence-electron chi connectivity index (χ0n) is 16.1. The summed E-state index contributed by atoms with van der Waals surface area (Å²) < 4.78 is 0. The summed E-state index contributed by atoms with van der Waals surface area (Å²) in [6, 6.07) is 8.51. The summed E-state index contributed by atoms with van der Waals surface area (Å²) >= 11 is 6.52. The molecule has 1 aromatic heterocycles. The Balaban J connectivity index is 1.90. The van der Waals surface area contributed by atoms with Crippen LogP contribution in [0.25, 0.3) is 17.3 Å². The van der Waals surface area contributed by atoms with Gasteiger partial charge < -0.3 is 15.5 Å². The van der Waals surface area contributed by atoms with E-state index in [9.17, 15) is 0 Å². The van der Waals surface area contributed by atoms with Gasteiger partial charge in [0, 0.05) is 42.3 Å². The Bertz CT molecular complexity index is 871. The molecule has 1 aromatic carbocycles. The van der Waals surface area contributed by atoms with E-state index in [4.69, 9.17) is 11.6 Å². The molecule has 2 N–H and O–H groups in total. The summed E-state index contributed by atoms with van der Waals surface area (Å²) in [5, 5.41) is 17.1. The maximum Gasteiger partial charge on any atom is 0.175 e. The first kappa shape index (κ1) is 18.3. The van der Waals surface area contributed by atoms with Gasteiger partial charge in [-0.15, -0.1) is 10.2 Å². The molecule has 4 rings (SSSR count). The molecule has 1 fully saturated rings. The number of hydrogen-bond donors (Lipinski definition) is 2. The summed E-state index contributed by atoms with van der Waals surface area (Å²) in [6.45, 7) is 10.3. The van der Waals surface area contributed by atoms with Crippen LogP contribution in [0, 0.1) is 0 Å². The lowest BCUT2D eigenvalue weighted by molar-refractivity contribution is 0.583. The third kappa shape index (κ3) is 3.42. The van der Waals surface area contributed by atoms with Crippen molar-refractivity contribution >= 4 is 29.2 Å². The van der Waals surface area contributed by atoms with Gasteiger partial charge in [0.25, 0.3) is 0 Å². The number of nitrogens with one attached hydrogen (secondary N) is 2. The Kier molecular flexibility index (Phi) is 5.06. The molecule has 0 bridgehead atoms. The van der Waals surface area contributed by atoms with E-state index in [-0.39, 0.29) is 6.04 Å². The summed E-state index contributed by atoms with van der Waals surface area (Å²) in [4.78, 5) is 2.30. The monoisotopic (exact) mass is 383 g/mol. The molecule has 3 heterocycles. The van der Waals surface area contributed by atoms with Crippen molar-refractivity contribution in [3.8, 4) is 11.3 Å². The molecule has 6 heteroatoms. The molecule has 142 valence electrons. The molecular formula is C21H26ClN5. The van der Waals surface area contributed by atoms with Crippen LogP contribution in [0.3, 0.4) is 0 Å². The highest BCUT2D eigenvalue weighted by molar-refractivity contribution is 6.33. The van der Waals surface area contributed by atoms with E-state index in [1.807, 2.05) is 0 Å². The molecule has 0 aliphatic carbocycles. The SMILES string of the molecule is CC1Nc2c(N3CCNCC3)nnc(-c3ccccc3C(C)C)c2C=C1Cl. The second kappa shape index (κ2) is 7.49. The number of benzene rings is 1. The van der Waals surface area contributed by atoms with Crippen molar-refractivity contribution in [2.45, 2.75) is 32.7 Å². The second-order valence-corrected chi connectivity index (χ2v) is 7.97. The fourth-order valence-corrected chi connectivity index (χ4v) is 3.95. The summed E-state index contributed by atoms with van der Waals surface area (Å²) in [7, 11) is 0. The lowest BCUT2D eigenvalue weighted by atomic mass is 9.92. The zero-order valence-corrected chi connectivity index (χ0v) is 16.8. The van der Waals surface area contributed by atoms with E-state index >= 15 is 0 Å². The number of nitrogens with zero attached hydrogens (tertiary/aromatic N) is 3. The van der Waals surface area contributed by atoms with Crippen molar-refractivity contribution in [1.29, 1.82) is 0 Å². The van der Waals surface area contributed by atoms with Crippen LogP contribution in [-0.2, 0) is 0 Å². The van der Waals surface area contributed by atoms with Crippen molar-refractivity contribution in [3.63, 3.8) is 0 Å². The molecule has 2 aromatic rings. The van der Waals surface area contributed by atoms with Gasteiger partial charge in [0.2, 0.25) is 0 Å². The smallest absolute Gasteiger partial charge is 0.175 e. The molecule has 0 radical (unpaired) electrons. The minimum Gasteiger partial charge on any atom is -0.374 e. The fraction of sp³-hybridized carbons (Fsp3) is 0.429. The van der Waals surface area contributed by atoms with Gasteiger partial charge in [0.05, 0.1) is 11.7 Å². The van der Waals surface area contributed by atoms with Crippen molar-refractivity contribution in [3.05, 3.63) is 40.4 Å². The van der Waals surface area contributed by atoms with E-state index < -0.39 is 0 Å². The number of rotatable bonds is 3. The van der Waals surface area contributed by atoms with Gasteiger partial charge >= 0.3 is 0 Å². The number of aromatic nitrogens is 2. The largest absolute Gasteiger partial charge is 0.374 e. The highest BCUT2D eigenvalue weighted by atomic mass is 35.5. The van der Waals surface area contributed by atoms with Crippen molar-refractivity contribution in [2.75, 3.05) is 36.4 Å². The highest BCUT2D eigenvalue weighted by Gasteiger charge is 2.27. The number of halogens is 1. The Morgan fingerprint density at radius 3 is 2.63 bits per heavy atom. The van der Waals surface area contributed by atoms with E-state index in [0.717, 1.165) is 59.5 Å². The Morgan fingerprint density at radius 2 is 1.89 bits per heavy atom. The fourth-order valence-electron chi connectivity index (χ4n) is 3.78. The first-order chi connectivity index (χ1) is 13.1. The topological polar surface area (TPSA) is 53.1 Å². The van der Waals surface area contributed by atoms with Crippen LogP contribution in [0.1, 0.15) is 37.8 Å². The summed E-state index contributed by atoms with van der Waals surface area (Å²) in [5.74, 6) is 1.32. The first-order valence-corrected chi connectivity index (χ1v) is 10.0. The Hall–Kier alpha value is -2.11. The minimum atomic E-state index is 0.0678. The molecule has 1 unspecified atom stereocenters. The molecule has 2 aliphatic rings. The van der Waals surface area contributed by atoms with Crippen LogP contribution >= 0.6 is 11.6 Å². The van der Waals surface area contributed by atoms with Gasteiger partial charge in [-0.1, -0.05) is 49.7 Å². The van der Waals surface area contributed by atoms with Gasteiger partial charge in [-0.25, -0.2) is 0 Å². The Morgan fingerprint density at radius 1 is 1.15 bits per heavy atom. The first-order valence-electron chi connectivity index (χ1n) is 9.65. The van der Waals surface area contributed by atoms with Gasteiger partial charge in [-0.2, -0.15) is 0 Å². The number of anilines is 2. The number of piperazine rings is 1. The normalized spacial score (nSPS) is 19.5. The van der Waals surface area contributed by atoms with E-state index in [1.165, 1.54) is 5.56 Å². The summed E-state index contributed by atoms with van der Waals surface area (Å²) in [5.41, 5.74) is 5.37. The van der Waals surface area contributed by atoms with E-state index in [1.54, 1.807) is 0 Å². The van der Waals surface area contributed by atoms with Crippen LogP contribution in [-0.4, -0.2) is 42.4 Å². The zero-order chi connectivity index (χ0) is 19.0. The quantitative estimate of drug-likeness (QED) is 0.836. The van der Waals surface area contributed by atoms with Gasteiger partial charge in [0.15, 0.2) is 5.82 Å². The van der Waals surface area contributed by atoms with Crippen LogP contribution in [0.5, 0.6) is 0 Å². The van der Waals surface area contributed by atoms with Crippen molar-refractivity contribution in [2.24, 2.45) is 0 Å². The average molecular weight is 384 g/mol. The molecule has 1 saturated heterocycles. The standard InChI is InChI=1S/C21H26ClN5/c1-13(2)15-6-4-5-7-16(15)19-17-12-18(22)14(3)24-20(17)21(26-25-19)27-10-8-23-9-11-27/h4-7,12-14,23-24H,8-11H2,1-3H3. The predicted molar refractivity (Wildman–Crippen MR) is 114 cm³/mol. The lowest BCUT2D eigenvalue weighted by Gasteiger charge is -2.33. The minimum absolute atomic E-state index is 0.0678. The van der Waals surface area contributed by atoms with E-state index in [2.05, 4.69) is 76.8 Å². The highest BCUT2D eigenvalue weighted by Crippen LogP contribution is 2.41. The maximum atomic E-state index is 6.52. The molecular weight excluding hydrogens is 358 g/mol. The van der Waals surface area contributed by atoms with Crippen molar-refractivity contribution < 1.29 is 0 Å². The molecule has 1 atom stereocenters. The van der Waals surface area contributed by atoms with Crippen LogP contribution in [0.15, 0.2) is 29.3 Å². The van der Waals surface area contributed by atoms with Crippen molar-refractivity contribution in [1.82, 2.24) is 15.5 Å². The second-order valence-electron chi connectivity index (χ2n) is 7.54. The maximum absolute atomic E-state index is 6.52. The van der Waals surface area contributed by atoms with E-state index in [0.29, 0.717) is 5.92 Å². The van der Waals surface area contributed by atoms with Crippen LogP contribution in [0.2, 0.25) is 0 Å². The van der Waals surface area contributed by atoms with Gasteiger partial charge in [0.1, 0.15) is 5.69 Å². The molecule has 5 nitrogen and oxygen atoms in total. The molecule has 0 spiro atoms. The third-order valence-electron chi connectivity index (χ3n) is 5.30. The Labute approximate surface area is 165 Å². The number of hydrogen-bond acceptors (Lipinski definition) is 5. The van der Waals surface area contributed by atoms with Gasteiger partial charge in [-0.05, 0) is 24.5 Å². The van der Waals surface area contributed by atoms with Gasteiger partial charge in [-0.3, -0.25) is 0 Å². The number of fused-ring (bicyclic) bond motifs is 1.